The third-order valence-electron chi connectivity index (χ3n) is 4.15. The first-order chi connectivity index (χ1) is 12.2. The van der Waals surface area contributed by atoms with Crippen LogP contribution in [0.4, 0.5) is 0 Å². The van der Waals surface area contributed by atoms with Crippen molar-refractivity contribution in [1.82, 2.24) is 9.62 Å². The van der Waals surface area contributed by atoms with Crippen LogP contribution in [-0.4, -0.2) is 50.1 Å². The monoisotopic (exact) mass is 376 g/mol. The zero-order valence-corrected chi connectivity index (χ0v) is 16.0. The third-order valence-corrected chi connectivity index (χ3v) is 5.47. The third kappa shape index (κ3) is 5.39. The van der Waals surface area contributed by atoms with Crippen molar-refractivity contribution in [1.29, 1.82) is 0 Å². The lowest BCUT2D eigenvalue weighted by molar-refractivity contribution is 0.0952. The number of rotatable bonds is 7. The van der Waals surface area contributed by atoms with Gasteiger partial charge < -0.3 is 10.4 Å². The highest BCUT2D eigenvalue weighted by Gasteiger charge is 2.11. The molecule has 0 heterocycles. The number of aliphatic hydroxyl groups excluding tert-OH is 1. The van der Waals surface area contributed by atoms with E-state index in [4.69, 9.17) is 0 Å². The molecular formula is C19H24N2O4S. The molecule has 140 valence electrons. The van der Waals surface area contributed by atoms with Gasteiger partial charge in [-0.1, -0.05) is 36.4 Å². The van der Waals surface area contributed by atoms with Gasteiger partial charge in [0.2, 0.25) is 10.0 Å². The summed E-state index contributed by atoms with van der Waals surface area (Å²) in [5.74, 6) is -0.247. The molecule has 1 unspecified atom stereocenters. The van der Waals surface area contributed by atoms with Gasteiger partial charge in [0.25, 0.3) is 5.91 Å². The highest BCUT2D eigenvalue weighted by molar-refractivity contribution is 7.88. The molecule has 0 bridgehead atoms. The molecular weight excluding hydrogens is 352 g/mol. The van der Waals surface area contributed by atoms with E-state index in [1.54, 1.807) is 19.1 Å². The maximum atomic E-state index is 12.1. The molecule has 2 aromatic rings. The van der Waals surface area contributed by atoms with Crippen molar-refractivity contribution in [3.63, 3.8) is 0 Å². The molecule has 1 amide bonds. The maximum Gasteiger partial charge on any atom is 0.251 e. The van der Waals surface area contributed by atoms with Gasteiger partial charge in [0.15, 0.2) is 0 Å². The Morgan fingerprint density at radius 2 is 1.58 bits per heavy atom. The van der Waals surface area contributed by atoms with Gasteiger partial charge in [-0.3, -0.25) is 4.79 Å². The van der Waals surface area contributed by atoms with Gasteiger partial charge >= 0.3 is 0 Å². The Morgan fingerprint density at radius 1 is 1.08 bits per heavy atom. The number of carbonyl (C=O) groups is 1. The summed E-state index contributed by atoms with van der Waals surface area (Å²) in [6, 6.07) is 14.8. The van der Waals surface area contributed by atoms with Gasteiger partial charge in [0.05, 0.1) is 12.4 Å². The number of benzene rings is 2. The fourth-order valence-corrected chi connectivity index (χ4v) is 2.79. The standard InChI is InChI=1S/C19H24N2O4S/c1-14(22)15-4-6-16(7-5-15)17-8-10-18(11-9-17)19(23)20-12-13-21(2)26(3,24)25/h4-11,14,22H,12-13H2,1-3H3,(H,20,23). The summed E-state index contributed by atoms with van der Waals surface area (Å²) in [4.78, 5) is 12.1. The second kappa shape index (κ2) is 8.44. The van der Waals surface area contributed by atoms with Crippen LogP contribution in [0.2, 0.25) is 0 Å². The molecule has 2 aromatic carbocycles. The van der Waals surface area contributed by atoms with Crippen molar-refractivity contribution in [3.05, 3.63) is 59.7 Å². The van der Waals surface area contributed by atoms with Crippen molar-refractivity contribution in [3.8, 4) is 11.1 Å². The lowest BCUT2D eigenvalue weighted by Gasteiger charge is -2.14. The van der Waals surface area contributed by atoms with Crippen LogP contribution in [-0.2, 0) is 10.0 Å². The summed E-state index contributed by atoms with van der Waals surface area (Å²) in [6.45, 7) is 2.18. The van der Waals surface area contributed by atoms with Crippen LogP contribution in [0.25, 0.3) is 11.1 Å². The van der Waals surface area contributed by atoms with Gasteiger partial charge in [-0.15, -0.1) is 0 Å². The summed E-state index contributed by atoms with van der Waals surface area (Å²) in [5.41, 5.74) is 3.33. The van der Waals surface area contributed by atoms with E-state index in [2.05, 4.69) is 5.32 Å². The molecule has 2 N–H and O–H groups in total. The summed E-state index contributed by atoms with van der Waals surface area (Å²) in [7, 11) is -1.77. The second-order valence-electron chi connectivity index (χ2n) is 6.22. The average molecular weight is 376 g/mol. The molecule has 0 aliphatic carbocycles. The smallest absolute Gasteiger partial charge is 0.251 e. The van der Waals surface area contributed by atoms with Crippen molar-refractivity contribution >= 4 is 15.9 Å². The first-order valence-corrected chi connectivity index (χ1v) is 10.1. The predicted octanol–water partition coefficient (Wildman–Crippen LogP) is 2.03. The Labute approximate surface area is 154 Å². The van der Waals surface area contributed by atoms with E-state index in [1.165, 1.54) is 11.4 Å². The number of carbonyl (C=O) groups excluding carboxylic acids is 1. The van der Waals surface area contributed by atoms with Crippen LogP contribution >= 0.6 is 0 Å². The lowest BCUT2D eigenvalue weighted by Crippen LogP contribution is -2.35. The van der Waals surface area contributed by atoms with Crippen molar-refractivity contribution < 1.29 is 18.3 Å². The van der Waals surface area contributed by atoms with Gasteiger partial charge in [-0.05, 0) is 35.7 Å². The summed E-state index contributed by atoms with van der Waals surface area (Å²) < 4.78 is 23.8. The number of hydrogen-bond acceptors (Lipinski definition) is 4. The van der Waals surface area contributed by atoms with Crippen LogP contribution in [0, 0.1) is 0 Å². The largest absolute Gasteiger partial charge is 0.389 e. The summed E-state index contributed by atoms with van der Waals surface area (Å²) >= 11 is 0. The molecule has 0 aliphatic rings. The van der Waals surface area contributed by atoms with Gasteiger partial charge in [0.1, 0.15) is 0 Å². The van der Waals surface area contributed by atoms with Gasteiger partial charge in [-0.2, -0.15) is 0 Å². The van der Waals surface area contributed by atoms with Crippen LogP contribution in [0.1, 0.15) is 28.9 Å². The molecule has 0 saturated carbocycles. The van der Waals surface area contributed by atoms with Crippen molar-refractivity contribution in [2.45, 2.75) is 13.0 Å². The summed E-state index contributed by atoms with van der Waals surface area (Å²) in [6.07, 6.45) is 0.623. The fraction of sp³-hybridized carbons (Fsp3) is 0.316. The van der Waals surface area contributed by atoms with E-state index in [9.17, 15) is 18.3 Å². The number of sulfonamides is 1. The van der Waals surface area contributed by atoms with E-state index in [0.717, 1.165) is 22.9 Å². The predicted molar refractivity (Wildman–Crippen MR) is 102 cm³/mol. The first-order valence-electron chi connectivity index (χ1n) is 8.26. The molecule has 0 radical (unpaired) electrons. The van der Waals surface area contributed by atoms with Crippen LogP contribution in [0.15, 0.2) is 48.5 Å². The van der Waals surface area contributed by atoms with E-state index in [1.807, 2.05) is 36.4 Å². The minimum atomic E-state index is -3.24. The number of aliphatic hydroxyl groups is 1. The van der Waals surface area contributed by atoms with E-state index < -0.39 is 16.1 Å². The fourth-order valence-electron chi connectivity index (χ4n) is 2.36. The van der Waals surface area contributed by atoms with Crippen LogP contribution < -0.4 is 5.32 Å². The van der Waals surface area contributed by atoms with E-state index in [0.29, 0.717) is 5.56 Å². The Balaban J connectivity index is 1.97. The molecule has 1 atom stereocenters. The van der Waals surface area contributed by atoms with Gasteiger partial charge in [-0.25, -0.2) is 12.7 Å². The number of amides is 1. The molecule has 0 aromatic heterocycles. The van der Waals surface area contributed by atoms with Crippen molar-refractivity contribution in [2.75, 3.05) is 26.4 Å². The van der Waals surface area contributed by atoms with Gasteiger partial charge in [0, 0.05) is 25.7 Å². The lowest BCUT2D eigenvalue weighted by atomic mass is 10.0. The molecule has 6 nitrogen and oxygen atoms in total. The van der Waals surface area contributed by atoms with Crippen molar-refractivity contribution in [2.24, 2.45) is 0 Å². The molecule has 0 aliphatic heterocycles. The number of nitrogens with zero attached hydrogens (tertiary/aromatic N) is 1. The average Bonchev–Trinajstić information content (AvgIpc) is 2.61. The minimum absolute atomic E-state index is 0.221. The van der Waals surface area contributed by atoms with E-state index >= 15 is 0 Å². The quantitative estimate of drug-likeness (QED) is 0.774. The molecule has 0 fully saturated rings. The molecule has 7 heteroatoms. The number of nitrogens with one attached hydrogen (secondary N) is 1. The highest BCUT2D eigenvalue weighted by atomic mass is 32.2. The number of likely N-dealkylation sites (N-methyl/N-ethyl adjacent to an activating group) is 1. The highest BCUT2D eigenvalue weighted by Crippen LogP contribution is 2.22. The first kappa shape index (κ1) is 20.1. The Bertz CT molecular complexity index is 844. The number of hydrogen-bond donors (Lipinski definition) is 2. The second-order valence-corrected chi connectivity index (χ2v) is 8.31. The Morgan fingerprint density at radius 3 is 2.04 bits per heavy atom. The molecule has 0 spiro atoms. The normalized spacial score (nSPS) is 12.8. The molecule has 2 rings (SSSR count). The van der Waals surface area contributed by atoms with E-state index in [-0.39, 0.29) is 19.0 Å². The zero-order chi connectivity index (χ0) is 19.3. The zero-order valence-electron chi connectivity index (χ0n) is 15.1. The SMILES string of the molecule is CC(O)c1ccc(-c2ccc(C(=O)NCCN(C)S(C)(=O)=O)cc2)cc1. The Hall–Kier alpha value is -2.22. The minimum Gasteiger partial charge on any atom is -0.389 e. The van der Waals surface area contributed by atoms with Crippen LogP contribution in [0.3, 0.4) is 0 Å². The maximum absolute atomic E-state index is 12.1. The summed E-state index contributed by atoms with van der Waals surface area (Å²) in [5, 5.41) is 12.3. The molecule has 26 heavy (non-hydrogen) atoms. The topological polar surface area (TPSA) is 86.7 Å². The van der Waals surface area contributed by atoms with Crippen LogP contribution in [0.5, 0.6) is 0 Å². The Kier molecular flexibility index (Phi) is 6.52. The molecule has 0 saturated heterocycles.